The first-order valence-corrected chi connectivity index (χ1v) is 3.66. The molecule has 2 heteroatoms. The minimum Gasteiger partial charge on any atom is -0.338 e. The molecule has 0 aliphatic carbocycles. The SMILES string of the molecule is CC.Cc1cn(C)c(C)n1. The van der Waals surface area contributed by atoms with Gasteiger partial charge in [0.15, 0.2) is 0 Å². The Hall–Kier alpha value is -0.790. The number of nitrogens with zero attached hydrogens (tertiary/aromatic N) is 2. The molecule has 0 aliphatic rings. The molecule has 1 aromatic heterocycles. The molecule has 0 spiro atoms. The molecular weight excluding hydrogens is 124 g/mol. The maximum absolute atomic E-state index is 4.17. The van der Waals surface area contributed by atoms with E-state index < -0.39 is 0 Å². The Balaban J connectivity index is 0.000000371. The lowest BCUT2D eigenvalue weighted by molar-refractivity contribution is 0.858. The molecule has 0 aromatic carbocycles. The van der Waals surface area contributed by atoms with E-state index in [1.807, 2.05) is 45.5 Å². The quantitative estimate of drug-likeness (QED) is 0.539. The summed E-state index contributed by atoms with van der Waals surface area (Å²) < 4.78 is 2.01. The fourth-order valence-electron chi connectivity index (χ4n) is 0.737. The fourth-order valence-corrected chi connectivity index (χ4v) is 0.737. The summed E-state index contributed by atoms with van der Waals surface area (Å²) in [6.45, 7) is 7.99. The van der Waals surface area contributed by atoms with Crippen LogP contribution < -0.4 is 0 Å². The summed E-state index contributed by atoms with van der Waals surface area (Å²) in [5.74, 6) is 1.07. The van der Waals surface area contributed by atoms with Gasteiger partial charge in [-0.05, 0) is 13.8 Å². The van der Waals surface area contributed by atoms with Crippen molar-refractivity contribution in [2.75, 3.05) is 0 Å². The van der Waals surface area contributed by atoms with Gasteiger partial charge in [-0.15, -0.1) is 0 Å². The van der Waals surface area contributed by atoms with Gasteiger partial charge in [0.1, 0.15) is 5.82 Å². The predicted octanol–water partition coefficient (Wildman–Crippen LogP) is 2.06. The topological polar surface area (TPSA) is 17.8 Å². The van der Waals surface area contributed by atoms with Gasteiger partial charge in [0.25, 0.3) is 0 Å². The second kappa shape index (κ2) is 4.09. The van der Waals surface area contributed by atoms with Gasteiger partial charge in [-0.3, -0.25) is 0 Å². The Labute approximate surface area is 62.9 Å². The molecule has 2 nitrogen and oxygen atoms in total. The maximum Gasteiger partial charge on any atom is 0.105 e. The van der Waals surface area contributed by atoms with Crippen molar-refractivity contribution in [3.8, 4) is 0 Å². The second-order valence-corrected chi connectivity index (χ2v) is 2.04. The molecule has 0 N–H and O–H groups in total. The Morgan fingerprint density at radius 1 is 1.30 bits per heavy atom. The van der Waals surface area contributed by atoms with Crippen molar-refractivity contribution in [1.29, 1.82) is 0 Å². The highest BCUT2D eigenvalue weighted by Gasteiger charge is 1.91. The summed E-state index contributed by atoms with van der Waals surface area (Å²) in [5.41, 5.74) is 1.09. The molecule has 0 amide bonds. The smallest absolute Gasteiger partial charge is 0.105 e. The molecule has 58 valence electrons. The maximum atomic E-state index is 4.17. The highest BCUT2D eigenvalue weighted by atomic mass is 15.0. The average Bonchev–Trinajstić information content (AvgIpc) is 2.16. The van der Waals surface area contributed by atoms with Crippen molar-refractivity contribution in [2.45, 2.75) is 27.7 Å². The summed E-state index contributed by atoms with van der Waals surface area (Å²) in [7, 11) is 2.00. The Kier molecular flexibility index (Phi) is 3.77. The minimum absolute atomic E-state index is 1.07. The van der Waals surface area contributed by atoms with Crippen molar-refractivity contribution in [1.82, 2.24) is 9.55 Å². The van der Waals surface area contributed by atoms with Crippen LogP contribution in [0.5, 0.6) is 0 Å². The van der Waals surface area contributed by atoms with Crippen LogP contribution in [-0.2, 0) is 7.05 Å². The Morgan fingerprint density at radius 2 is 1.80 bits per heavy atom. The number of aryl methyl sites for hydroxylation is 3. The zero-order valence-corrected chi connectivity index (χ0v) is 7.47. The largest absolute Gasteiger partial charge is 0.338 e. The van der Waals surface area contributed by atoms with E-state index in [-0.39, 0.29) is 0 Å². The molecule has 0 unspecified atom stereocenters. The molecule has 0 saturated heterocycles. The van der Waals surface area contributed by atoms with Crippen LogP contribution in [0.15, 0.2) is 6.20 Å². The van der Waals surface area contributed by atoms with Crippen molar-refractivity contribution >= 4 is 0 Å². The molecule has 1 rings (SSSR count). The molecular formula is C8H16N2. The first-order valence-electron chi connectivity index (χ1n) is 3.66. The van der Waals surface area contributed by atoms with E-state index in [9.17, 15) is 0 Å². The number of hydrogen-bond donors (Lipinski definition) is 0. The highest BCUT2D eigenvalue weighted by molar-refractivity contribution is 4.98. The van der Waals surface area contributed by atoms with Crippen molar-refractivity contribution < 1.29 is 0 Å². The normalized spacial score (nSPS) is 8.50. The third-order valence-electron chi connectivity index (χ3n) is 1.23. The predicted molar refractivity (Wildman–Crippen MR) is 44.0 cm³/mol. The van der Waals surface area contributed by atoms with Gasteiger partial charge < -0.3 is 4.57 Å². The summed E-state index contributed by atoms with van der Waals surface area (Å²) in [6, 6.07) is 0. The van der Waals surface area contributed by atoms with Crippen LogP contribution in [0.3, 0.4) is 0 Å². The van der Waals surface area contributed by atoms with E-state index in [1.165, 1.54) is 0 Å². The van der Waals surface area contributed by atoms with E-state index >= 15 is 0 Å². The second-order valence-electron chi connectivity index (χ2n) is 2.04. The first-order chi connectivity index (χ1) is 4.70. The Morgan fingerprint density at radius 3 is 1.90 bits per heavy atom. The Bertz CT molecular complexity index is 170. The van der Waals surface area contributed by atoms with Gasteiger partial charge >= 0.3 is 0 Å². The fraction of sp³-hybridized carbons (Fsp3) is 0.625. The lowest BCUT2D eigenvalue weighted by Gasteiger charge is -1.87. The zero-order valence-electron chi connectivity index (χ0n) is 7.47. The molecule has 0 saturated carbocycles. The molecule has 1 heterocycles. The van der Waals surface area contributed by atoms with E-state index in [2.05, 4.69) is 4.98 Å². The average molecular weight is 140 g/mol. The van der Waals surface area contributed by atoms with Crippen LogP contribution in [0, 0.1) is 13.8 Å². The van der Waals surface area contributed by atoms with Gasteiger partial charge in [-0.2, -0.15) is 0 Å². The van der Waals surface area contributed by atoms with Crippen LogP contribution in [-0.4, -0.2) is 9.55 Å². The minimum atomic E-state index is 1.07. The zero-order chi connectivity index (χ0) is 8.15. The number of rotatable bonds is 0. The standard InChI is InChI=1S/C6H10N2.C2H6/c1-5-4-8(3)6(2)7-5;1-2/h4H,1-3H3;1-2H3. The number of imidazole rings is 1. The first kappa shape index (κ1) is 9.21. The van der Waals surface area contributed by atoms with Gasteiger partial charge in [0, 0.05) is 13.2 Å². The monoisotopic (exact) mass is 140 g/mol. The van der Waals surface area contributed by atoms with Crippen LogP contribution in [0.25, 0.3) is 0 Å². The summed E-state index contributed by atoms with van der Waals surface area (Å²) in [4.78, 5) is 4.17. The number of aromatic nitrogens is 2. The molecule has 10 heavy (non-hydrogen) atoms. The molecule has 0 radical (unpaired) electrons. The third-order valence-corrected chi connectivity index (χ3v) is 1.23. The van der Waals surface area contributed by atoms with Crippen LogP contribution >= 0.6 is 0 Å². The van der Waals surface area contributed by atoms with E-state index in [0.29, 0.717) is 0 Å². The van der Waals surface area contributed by atoms with Gasteiger partial charge in [-0.25, -0.2) is 4.98 Å². The van der Waals surface area contributed by atoms with Crippen LogP contribution in [0.4, 0.5) is 0 Å². The van der Waals surface area contributed by atoms with E-state index in [1.54, 1.807) is 0 Å². The molecule has 0 bridgehead atoms. The highest BCUT2D eigenvalue weighted by Crippen LogP contribution is 1.95. The van der Waals surface area contributed by atoms with E-state index in [4.69, 9.17) is 0 Å². The summed E-state index contributed by atoms with van der Waals surface area (Å²) in [5, 5.41) is 0. The van der Waals surface area contributed by atoms with Gasteiger partial charge in [0.2, 0.25) is 0 Å². The molecule has 0 aliphatic heterocycles. The molecule has 0 fully saturated rings. The van der Waals surface area contributed by atoms with Gasteiger partial charge in [-0.1, -0.05) is 13.8 Å². The lowest BCUT2D eigenvalue weighted by Crippen LogP contribution is -1.86. The molecule has 1 aromatic rings. The van der Waals surface area contributed by atoms with Crippen LogP contribution in [0.2, 0.25) is 0 Å². The van der Waals surface area contributed by atoms with Crippen molar-refractivity contribution in [3.05, 3.63) is 17.7 Å². The summed E-state index contributed by atoms with van der Waals surface area (Å²) in [6.07, 6.45) is 2.01. The van der Waals surface area contributed by atoms with Gasteiger partial charge in [0.05, 0.1) is 5.69 Å². The van der Waals surface area contributed by atoms with Crippen LogP contribution in [0.1, 0.15) is 25.4 Å². The third kappa shape index (κ3) is 2.21. The lowest BCUT2D eigenvalue weighted by atomic mass is 10.6. The van der Waals surface area contributed by atoms with Crippen molar-refractivity contribution in [3.63, 3.8) is 0 Å². The summed E-state index contributed by atoms with van der Waals surface area (Å²) >= 11 is 0. The van der Waals surface area contributed by atoms with E-state index in [0.717, 1.165) is 11.5 Å². The van der Waals surface area contributed by atoms with Crippen molar-refractivity contribution in [2.24, 2.45) is 7.05 Å². The molecule has 0 atom stereocenters. The number of hydrogen-bond acceptors (Lipinski definition) is 1.